The molecule has 1 rings (SSSR count). The highest BCUT2D eigenvalue weighted by Crippen LogP contribution is 2.08. The van der Waals surface area contributed by atoms with Gasteiger partial charge in [0.15, 0.2) is 0 Å². The molecule has 0 fully saturated rings. The number of nitrogens with zero attached hydrogens (tertiary/aromatic N) is 1. The normalized spacial score (nSPS) is 10.6. The highest BCUT2D eigenvalue weighted by molar-refractivity contribution is 5.43. The molecule has 3 heteroatoms. The average Bonchev–Trinajstić information content (AvgIpc) is 2.17. The Hall–Kier alpha value is -1.06. The molecule has 1 aromatic carbocycles. The van der Waals surface area contributed by atoms with Crippen LogP contribution >= 0.6 is 0 Å². The summed E-state index contributed by atoms with van der Waals surface area (Å²) in [5.74, 6) is 0. The van der Waals surface area contributed by atoms with Crippen molar-refractivity contribution in [3.63, 3.8) is 0 Å². The lowest BCUT2D eigenvalue weighted by Crippen LogP contribution is -2.16. The summed E-state index contributed by atoms with van der Waals surface area (Å²) in [5.41, 5.74) is 8.41. The van der Waals surface area contributed by atoms with Crippen molar-refractivity contribution in [2.24, 2.45) is 0 Å². The summed E-state index contributed by atoms with van der Waals surface area (Å²) in [5, 5.41) is 0. The Balaban J connectivity index is 2.46. The SMILES string of the molecule is CNNc1ccc(CCN(C)C)cc1. The molecule has 14 heavy (non-hydrogen) atoms. The quantitative estimate of drug-likeness (QED) is 0.691. The Morgan fingerprint density at radius 1 is 1.14 bits per heavy atom. The van der Waals surface area contributed by atoms with E-state index in [-0.39, 0.29) is 0 Å². The average molecular weight is 193 g/mol. The van der Waals surface area contributed by atoms with Crippen molar-refractivity contribution in [1.29, 1.82) is 0 Å². The van der Waals surface area contributed by atoms with E-state index < -0.39 is 0 Å². The minimum atomic E-state index is 1.10. The third-order valence-electron chi connectivity index (χ3n) is 2.07. The lowest BCUT2D eigenvalue weighted by molar-refractivity contribution is 0.413. The molecular formula is C11H19N3. The standard InChI is InChI=1S/C11H19N3/c1-12-13-11-6-4-10(5-7-11)8-9-14(2)3/h4-7,12-13H,8-9H2,1-3H3. The number of anilines is 1. The van der Waals surface area contributed by atoms with Gasteiger partial charge in [0.25, 0.3) is 0 Å². The van der Waals surface area contributed by atoms with Crippen LogP contribution in [-0.2, 0) is 6.42 Å². The maximum atomic E-state index is 3.04. The first-order valence-electron chi connectivity index (χ1n) is 4.89. The van der Waals surface area contributed by atoms with Crippen LogP contribution in [0.25, 0.3) is 0 Å². The lowest BCUT2D eigenvalue weighted by atomic mass is 10.1. The number of likely N-dealkylation sites (N-methyl/N-ethyl adjacent to an activating group) is 1. The van der Waals surface area contributed by atoms with Gasteiger partial charge in [-0.2, -0.15) is 0 Å². The molecule has 78 valence electrons. The van der Waals surface area contributed by atoms with E-state index in [1.54, 1.807) is 0 Å². The second kappa shape index (κ2) is 5.62. The number of hydrazine groups is 1. The maximum absolute atomic E-state index is 3.04. The largest absolute Gasteiger partial charge is 0.322 e. The molecule has 0 bridgehead atoms. The minimum absolute atomic E-state index is 1.10. The molecule has 2 N–H and O–H groups in total. The predicted molar refractivity (Wildman–Crippen MR) is 61.4 cm³/mol. The van der Waals surface area contributed by atoms with Crippen molar-refractivity contribution in [1.82, 2.24) is 10.3 Å². The summed E-state index contributed by atoms with van der Waals surface area (Å²) in [6.45, 7) is 1.10. The first kappa shape index (κ1) is 11.0. The van der Waals surface area contributed by atoms with Crippen LogP contribution in [0.3, 0.4) is 0 Å². The molecular weight excluding hydrogens is 174 g/mol. The summed E-state index contributed by atoms with van der Waals surface area (Å²) < 4.78 is 0. The monoisotopic (exact) mass is 193 g/mol. The molecule has 0 saturated heterocycles. The fourth-order valence-corrected chi connectivity index (χ4v) is 1.25. The van der Waals surface area contributed by atoms with Crippen molar-refractivity contribution >= 4 is 5.69 Å². The van der Waals surface area contributed by atoms with Gasteiger partial charge in [-0.15, -0.1) is 0 Å². The van der Waals surface area contributed by atoms with E-state index in [1.807, 2.05) is 7.05 Å². The first-order chi connectivity index (χ1) is 6.72. The molecule has 0 aliphatic carbocycles. The van der Waals surface area contributed by atoms with Gasteiger partial charge in [0.05, 0.1) is 0 Å². The molecule has 0 radical (unpaired) electrons. The molecule has 0 unspecified atom stereocenters. The molecule has 0 aliphatic rings. The van der Waals surface area contributed by atoms with Crippen molar-refractivity contribution in [3.8, 4) is 0 Å². The Labute approximate surface area is 86.1 Å². The van der Waals surface area contributed by atoms with Crippen LogP contribution in [0.4, 0.5) is 5.69 Å². The molecule has 0 heterocycles. The Morgan fingerprint density at radius 2 is 1.79 bits per heavy atom. The van der Waals surface area contributed by atoms with Gasteiger partial charge in [0.1, 0.15) is 0 Å². The second-order valence-electron chi connectivity index (χ2n) is 3.63. The third kappa shape index (κ3) is 3.77. The van der Waals surface area contributed by atoms with Crippen molar-refractivity contribution in [2.45, 2.75) is 6.42 Å². The van der Waals surface area contributed by atoms with Gasteiger partial charge in [0.2, 0.25) is 0 Å². The molecule has 0 aromatic heterocycles. The summed E-state index contributed by atoms with van der Waals surface area (Å²) in [6, 6.07) is 8.48. The van der Waals surface area contributed by atoms with Crippen LogP contribution in [0.5, 0.6) is 0 Å². The lowest BCUT2D eigenvalue weighted by Gasteiger charge is -2.09. The molecule has 0 aliphatic heterocycles. The zero-order valence-electron chi connectivity index (χ0n) is 9.17. The van der Waals surface area contributed by atoms with E-state index in [0.29, 0.717) is 0 Å². The van der Waals surface area contributed by atoms with Gasteiger partial charge in [-0.3, -0.25) is 0 Å². The van der Waals surface area contributed by atoms with Crippen LogP contribution in [0.15, 0.2) is 24.3 Å². The number of benzene rings is 1. The van der Waals surface area contributed by atoms with Gasteiger partial charge < -0.3 is 10.3 Å². The summed E-state index contributed by atoms with van der Waals surface area (Å²) in [4.78, 5) is 2.19. The van der Waals surface area contributed by atoms with Crippen LogP contribution in [0.2, 0.25) is 0 Å². The zero-order chi connectivity index (χ0) is 10.4. The second-order valence-corrected chi connectivity index (χ2v) is 3.63. The molecule has 0 saturated carbocycles. The Kier molecular flexibility index (Phi) is 4.43. The van der Waals surface area contributed by atoms with Crippen LogP contribution < -0.4 is 10.9 Å². The van der Waals surface area contributed by atoms with E-state index in [4.69, 9.17) is 0 Å². The third-order valence-corrected chi connectivity index (χ3v) is 2.07. The number of nitrogens with one attached hydrogen (secondary N) is 2. The van der Waals surface area contributed by atoms with Gasteiger partial charge in [-0.1, -0.05) is 12.1 Å². The first-order valence-corrected chi connectivity index (χ1v) is 4.89. The van der Waals surface area contributed by atoms with E-state index in [2.05, 4.69) is 54.1 Å². The number of hydrogen-bond donors (Lipinski definition) is 2. The fourth-order valence-electron chi connectivity index (χ4n) is 1.25. The van der Waals surface area contributed by atoms with E-state index >= 15 is 0 Å². The number of rotatable bonds is 5. The highest BCUT2D eigenvalue weighted by Gasteiger charge is 1.95. The molecule has 0 atom stereocenters. The van der Waals surface area contributed by atoms with E-state index in [0.717, 1.165) is 18.7 Å². The molecule has 3 nitrogen and oxygen atoms in total. The maximum Gasteiger partial charge on any atom is 0.0487 e. The summed E-state index contributed by atoms with van der Waals surface area (Å²) in [7, 11) is 6.05. The van der Waals surface area contributed by atoms with Crippen LogP contribution in [-0.4, -0.2) is 32.6 Å². The number of hydrogen-bond acceptors (Lipinski definition) is 3. The summed E-state index contributed by atoms with van der Waals surface area (Å²) in [6.07, 6.45) is 1.10. The van der Waals surface area contributed by atoms with Crippen molar-refractivity contribution in [2.75, 3.05) is 33.1 Å². The Morgan fingerprint density at radius 3 is 2.29 bits per heavy atom. The molecule has 0 spiro atoms. The van der Waals surface area contributed by atoms with Crippen molar-refractivity contribution < 1.29 is 0 Å². The van der Waals surface area contributed by atoms with Crippen LogP contribution in [0.1, 0.15) is 5.56 Å². The predicted octanol–water partition coefficient (Wildman–Crippen LogP) is 1.34. The van der Waals surface area contributed by atoms with Gasteiger partial charge in [-0.05, 0) is 38.2 Å². The topological polar surface area (TPSA) is 27.3 Å². The molecule has 1 aromatic rings. The highest BCUT2D eigenvalue weighted by atomic mass is 15.3. The van der Waals surface area contributed by atoms with Gasteiger partial charge in [-0.25, -0.2) is 5.43 Å². The fraction of sp³-hybridized carbons (Fsp3) is 0.455. The minimum Gasteiger partial charge on any atom is -0.322 e. The summed E-state index contributed by atoms with van der Waals surface area (Å²) >= 11 is 0. The van der Waals surface area contributed by atoms with E-state index in [9.17, 15) is 0 Å². The zero-order valence-corrected chi connectivity index (χ0v) is 9.17. The molecule has 0 amide bonds. The van der Waals surface area contributed by atoms with Crippen molar-refractivity contribution in [3.05, 3.63) is 29.8 Å². The van der Waals surface area contributed by atoms with Gasteiger partial charge >= 0.3 is 0 Å². The smallest absolute Gasteiger partial charge is 0.0487 e. The van der Waals surface area contributed by atoms with E-state index in [1.165, 1.54) is 5.56 Å². The Bertz CT molecular complexity index is 254. The van der Waals surface area contributed by atoms with Gasteiger partial charge in [0, 0.05) is 19.3 Å². The van der Waals surface area contributed by atoms with Crippen LogP contribution in [0, 0.1) is 0 Å².